The van der Waals surface area contributed by atoms with Gasteiger partial charge in [-0.2, -0.15) is 0 Å². The number of ether oxygens (including phenoxy) is 2. The van der Waals surface area contributed by atoms with Gasteiger partial charge in [-0.3, -0.25) is 4.79 Å². The van der Waals surface area contributed by atoms with Crippen LogP contribution in [-0.4, -0.2) is 31.7 Å². The number of hydrogen-bond acceptors (Lipinski definition) is 3. The lowest BCUT2D eigenvalue weighted by atomic mass is 9.95. The van der Waals surface area contributed by atoms with Crippen LogP contribution in [0.3, 0.4) is 0 Å². The van der Waals surface area contributed by atoms with Crippen molar-refractivity contribution < 1.29 is 14.3 Å². The molecule has 2 saturated heterocycles. The first kappa shape index (κ1) is 9.16. The van der Waals surface area contributed by atoms with E-state index in [9.17, 15) is 4.79 Å². The standard InChI is InChI=1S/C10H16O3/c11-10(8-4-6-12-7-8)9-3-1-2-5-13-9/h8-9H,1-7H2. The predicted molar refractivity (Wildman–Crippen MR) is 47.5 cm³/mol. The number of hydrogen-bond donors (Lipinski definition) is 0. The van der Waals surface area contributed by atoms with Gasteiger partial charge >= 0.3 is 0 Å². The summed E-state index contributed by atoms with van der Waals surface area (Å²) in [7, 11) is 0. The molecule has 0 aromatic carbocycles. The van der Waals surface area contributed by atoms with E-state index in [1.807, 2.05) is 0 Å². The van der Waals surface area contributed by atoms with E-state index in [-0.39, 0.29) is 17.8 Å². The van der Waals surface area contributed by atoms with Crippen molar-refractivity contribution in [3.05, 3.63) is 0 Å². The molecular weight excluding hydrogens is 168 g/mol. The Hall–Kier alpha value is -0.410. The van der Waals surface area contributed by atoms with E-state index in [0.29, 0.717) is 6.61 Å². The predicted octanol–water partition coefficient (Wildman–Crippen LogP) is 1.16. The minimum atomic E-state index is -0.125. The Morgan fingerprint density at radius 3 is 2.69 bits per heavy atom. The summed E-state index contributed by atoms with van der Waals surface area (Å²) < 4.78 is 10.6. The highest BCUT2D eigenvalue weighted by Crippen LogP contribution is 2.21. The lowest BCUT2D eigenvalue weighted by Gasteiger charge is -2.23. The van der Waals surface area contributed by atoms with Crippen LogP contribution >= 0.6 is 0 Å². The zero-order chi connectivity index (χ0) is 9.10. The Bertz CT molecular complexity index is 179. The summed E-state index contributed by atoms with van der Waals surface area (Å²) in [5.74, 6) is 0.389. The van der Waals surface area contributed by atoms with E-state index in [1.165, 1.54) is 0 Å². The fourth-order valence-electron chi connectivity index (χ4n) is 1.99. The molecule has 2 atom stereocenters. The summed E-state index contributed by atoms with van der Waals surface area (Å²) in [5.41, 5.74) is 0. The minimum Gasteiger partial charge on any atom is -0.381 e. The number of carbonyl (C=O) groups excluding carboxylic acids is 1. The second kappa shape index (κ2) is 4.20. The Labute approximate surface area is 78.4 Å². The Morgan fingerprint density at radius 1 is 1.15 bits per heavy atom. The van der Waals surface area contributed by atoms with Crippen LogP contribution in [0.4, 0.5) is 0 Å². The molecule has 0 aromatic rings. The molecule has 0 saturated carbocycles. The number of carbonyl (C=O) groups is 1. The van der Waals surface area contributed by atoms with Crippen LogP contribution < -0.4 is 0 Å². The number of rotatable bonds is 2. The van der Waals surface area contributed by atoms with Gasteiger partial charge in [-0.25, -0.2) is 0 Å². The van der Waals surface area contributed by atoms with Gasteiger partial charge in [0, 0.05) is 19.1 Å². The molecule has 2 rings (SSSR count). The van der Waals surface area contributed by atoms with Gasteiger partial charge in [0.1, 0.15) is 6.10 Å². The third-order valence-corrected chi connectivity index (χ3v) is 2.83. The zero-order valence-corrected chi connectivity index (χ0v) is 7.83. The summed E-state index contributed by atoms with van der Waals surface area (Å²) in [4.78, 5) is 11.8. The average Bonchev–Trinajstić information content (AvgIpc) is 2.71. The lowest BCUT2D eigenvalue weighted by Crippen LogP contribution is -2.33. The van der Waals surface area contributed by atoms with Crippen LogP contribution in [0, 0.1) is 5.92 Å². The van der Waals surface area contributed by atoms with Crippen LogP contribution in [0.25, 0.3) is 0 Å². The van der Waals surface area contributed by atoms with Crippen molar-refractivity contribution in [1.82, 2.24) is 0 Å². The van der Waals surface area contributed by atoms with Gasteiger partial charge in [-0.1, -0.05) is 0 Å². The maximum Gasteiger partial charge on any atom is 0.166 e. The Kier molecular flexibility index (Phi) is 2.96. The first-order valence-electron chi connectivity index (χ1n) is 5.11. The van der Waals surface area contributed by atoms with Crippen LogP contribution in [0.2, 0.25) is 0 Å². The molecule has 0 amide bonds. The minimum absolute atomic E-state index is 0.114. The fraction of sp³-hybridized carbons (Fsp3) is 0.900. The topological polar surface area (TPSA) is 35.5 Å². The lowest BCUT2D eigenvalue weighted by molar-refractivity contribution is -0.137. The third kappa shape index (κ3) is 2.09. The quantitative estimate of drug-likeness (QED) is 0.646. The van der Waals surface area contributed by atoms with Crippen molar-refractivity contribution in [2.75, 3.05) is 19.8 Å². The van der Waals surface area contributed by atoms with Gasteiger partial charge in [0.15, 0.2) is 5.78 Å². The smallest absolute Gasteiger partial charge is 0.166 e. The molecule has 2 heterocycles. The monoisotopic (exact) mass is 184 g/mol. The SMILES string of the molecule is O=C(C1CCOC1)C1CCCCO1. The van der Waals surface area contributed by atoms with Crippen LogP contribution in [0.15, 0.2) is 0 Å². The molecule has 2 fully saturated rings. The molecule has 3 heteroatoms. The molecule has 0 aliphatic carbocycles. The highest BCUT2D eigenvalue weighted by molar-refractivity contribution is 5.85. The van der Waals surface area contributed by atoms with Crippen molar-refractivity contribution in [3.8, 4) is 0 Å². The van der Waals surface area contributed by atoms with E-state index in [1.54, 1.807) is 0 Å². The molecule has 0 radical (unpaired) electrons. The van der Waals surface area contributed by atoms with E-state index in [4.69, 9.17) is 9.47 Å². The van der Waals surface area contributed by atoms with E-state index < -0.39 is 0 Å². The third-order valence-electron chi connectivity index (χ3n) is 2.83. The number of Topliss-reactive ketones (excluding diaryl/α,β-unsaturated/α-hetero) is 1. The second-order valence-electron chi connectivity index (χ2n) is 3.82. The highest BCUT2D eigenvalue weighted by Gasteiger charge is 2.31. The van der Waals surface area contributed by atoms with Gasteiger partial charge in [0.2, 0.25) is 0 Å². The summed E-state index contributed by atoms with van der Waals surface area (Å²) in [6.07, 6.45) is 3.91. The fourth-order valence-corrected chi connectivity index (χ4v) is 1.99. The molecule has 3 nitrogen and oxygen atoms in total. The van der Waals surface area contributed by atoms with Crippen molar-refractivity contribution in [2.45, 2.75) is 31.8 Å². The van der Waals surface area contributed by atoms with Gasteiger partial charge in [0.25, 0.3) is 0 Å². The number of ketones is 1. The van der Waals surface area contributed by atoms with Gasteiger partial charge in [-0.15, -0.1) is 0 Å². The highest BCUT2D eigenvalue weighted by atomic mass is 16.5. The molecule has 2 unspecified atom stereocenters. The van der Waals surface area contributed by atoms with Crippen molar-refractivity contribution in [2.24, 2.45) is 5.92 Å². The van der Waals surface area contributed by atoms with E-state index >= 15 is 0 Å². The molecule has 2 aliphatic rings. The molecule has 0 aromatic heterocycles. The second-order valence-corrected chi connectivity index (χ2v) is 3.82. The molecule has 13 heavy (non-hydrogen) atoms. The summed E-state index contributed by atoms with van der Waals surface area (Å²) in [6.45, 7) is 2.10. The maximum absolute atomic E-state index is 11.8. The summed E-state index contributed by atoms with van der Waals surface area (Å²) >= 11 is 0. The zero-order valence-electron chi connectivity index (χ0n) is 7.83. The van der Waals surface area contributed by atoms with E-state index in [2.05, 4.69) is 0 Å². The van der Waals surface area contributed by atoms with Gasteiger partial charge in [0.05, 0.1) is 6.61 Å². The summed E-state index contributed by atoms with van der Waals surface area (Å²) in [5, 5.41) is 0. The largest absolute Gasteiger partial charge is 0.381 e. The van der Waals surface area contributed by atoms with Crippen LogP contribution in [-0.2, 0) is 14.3 Å². The van der Waals surface area contributed by atoms with Crippen LogP contribution in [0.5, 0.6) is 0 Å². The van der Waals surface area contributed by atoms with Gasteiger partial charge < -0.3 is 9.47 Å². The van der Waals surface area contributed by atoms with Crippen molar-refractivity contribution in [3.63, 3.8) is 0 Å². The normalized spacial score (nSPS) is 34.8. The average molecular weight is 184 g/mol. The summed E-state index contributed by atoms with van der Waals surface area (Å²) in [6, 6.07) is 0. The van der Waals surface area contributed by atoms with Crippen molar-refractivity contribution >= 4 is 5.78 Å². The first-order chi connectivity index (χ1) is 6.38. The van der Waals surface area contributed by atoms with Crippen molar-refractivity contribution in [1.29, 1.82) is 0 Å². The Balaban J connectivity index is 1.87. The maximum atomic E-state index is 11.8. The van der Waals surface area contributed by atoms with E-state index in [0.717, 1.165) is 38.9 Å². The molecule has 2 aliphatic heterocycles. The molecule has 0 N–H and O–H groups in total. The molecule has 0 spiro atoms. The molecule has 74 valence electrons. The molecular formula is C10H16O3. The van der Waals surface area contributed by atoms with Gasteiger partial charge in [-0.05, 0) is 25.7 Å². The Morgan fingerprint density at radius 2 is 2.08 bits per heavy atom. The first-order valence-corrected chi connectivity index (χ1v) is 5.11. The van der Waals surface area contributed by atoms with Crippen LogP contribution in [0.1, 0.15) is 25.7 Å². The molecule has 0 bridgehead atoms.